The maximum absolute atomic E-state index is 12.7. The SMILES string of the molecule is O=C(O)C(F)(F)F.Oc1cc2c(cc1Nc1ccccc1OC(F)(F)F)C[C@@H]1NCC[C@]23CCCC[C@H]13. The van der Waals surface area contributed by atoms with Crippen LogP contribution >= 0.6 is 0 Å². The summed E-state index contributed by atoms with van der Waals surface area (Å²) in [6.07, 6.45) is -3.13. The first-order valence-corrected chi connectivity index (χ1v) is 11.8. The number of aromatic hydroxyl groups is 1. The third kappa shape index (κ3) is 5.73. The maximum atomic E-state index is 12.7. The number of aliphatic carboxylic acids is 1. The molecule has 2 fully saturated rings. The average Bonchev–Trinajstić information content (AvgIpc) is 2.80. The summed E-state index contributed by atoms with van der Waals surface area (Å²) in [5, 5.41) is 24.5. The molecule has 0 unspecified atom stereocenters. The number of phenolic OH excluding ortho intramolecular Hbond substituents is 1. The molecule has 0 spiro atoms. The number of anilines is 2. The van der Waals surface area contributed by atoms with E-state index in [2.05, 4.69) is 15.4 Å². The standard InChI is InChI=1S/C23H25F3N2O2.C2HF3O2/c24-23(25,26)30-21-7-2-1-6-17(21)28-19-12-14-11-18-15-5-3-4-8-22(15,9-10-27-18)16(14)13-20(19)29;3-2(4,5)1(6)7/h1-2,6-7,12-13,15,18,27-29H,3-5,8-11H2;(H,6,7)/t15-,18+,22+;/m1./s1. The van der Waals surface area contributed by atoms with Gasteiger partial charge in [0.2, 0.25) is 0 Å². The van der Waals surface area contributed by atoms with Crippen LogP contribution in [0, 0.1) is 5.92 Å². The number of benzene rings is 2. The maximum Gasteiger partial charge on any atom is 0.573 e. The van der Waals surface area contributed by atoms with Crippen molar-refractivity contribution in [3.8, 4) is 11.5 Å². The summed E-state index contributed by atoms with van der Waals surface area (Å²) in [4.78, 5) is 8.90. The molecule has 0 aromatic heterocycles. The molecule has 6 nitrogen and oxygen atoms in total. The van der Waals surface area contributed by atoms with Crippen LogP contribution in [0.2, 0.25) is 0 Å². The van der Waals surface area contributed by atoms with Crippen molar-refractivity contribution in [1.82, 2.24) is 5.32 Å². The smallest absolute Gasteiger partial charge is 0.506 e. The van der Waals surface area contributed by atoms with E-state index in [1.807, 2.05) is 12.1 Å². The quantitative estimate of drug-likeness (QED) is 0.286. The number of halogens is 6. The summed E-state index contributed by atoms with van der Waals surface area (Å²) < 4.78 is 74.1. The molecule has 4 N–H and O–H groups in total. The van der Waals surface area contributed by atoms with E-state index in [1.165, 1.54) is 48.6 Å². The van der Waals surface area contributed by atoms with Crippen molar-refractivity contribution in [1.29, 1.82) is 0 Å². The van der Waals surface area contributed by atoms with Gasteiger partial charge in [0, 0.05) is 11.5 Å². The fourth-order valence-electron chi connectivity index (χ4n) is 6.00. The summed E-state index contributed by atoms with van der Waals surface area (Å²) in [6.45, 7) is 0.990. The lowest BCUT2D eigenvalue weighted by Crippen LogP contribution is -2.59. The zero-order valence-electron chi connectivity index (χ0n) is 19.5. The van der Waals surface area contributed by atoms with Gasteiger partial charge >= 0.3 is 18.5 Å². The van der Waals surface area contributed by atoms with Crippen LogP contribution in [0.4, 0.5) is 37.7 Å². The molecule has 0 amide bonds. The largest absolute Gasteiger partial charge is 0.573 e. The van der Waals surface area contributed by atoms with Gasteiger partial charge < -0.3 is 25.6 Å². The Bertz CT molecular complexity index is 1150. The highest BCUT2D eigenvalue weighted by Gasteiger charge is 2.51. The van der Waals surface area contributed by atoms with Gasteiger partial charge in [0.05, 0.1) is 11.4 Å². The zero-order valence-corrected chi connectivity index (χ0v) is 19.5. The molecule has 1 heterocycles. The van der Waals surface area contributed by atoms with Crippen molar-refractivity contribution in [2.45, 2.75) is 62.5 Å². The number of carboxylic acid groups (broad SMARTS) is 1. The fourth-order valence-corrected chi connectivity index (χ4v) is 6.00. The second-order valence-electron chi connectivity index (χ2n) is 9.52. The summed E-state index contributed by atoms with van der Waals surface area (Å²) >= 11 is 0. The Morgan fingerprint density at radius 3 is 2.43 bits per heavy atom. The number of fused-ring (bicyclic) bond motifs is 1. The molecule has 12 heteroatoms. The first-order valence-electron chi connectivity index (χ1n) is 11.8. The van der Waals surface area contributed by atoms with Crippen LogP contribution in [0.1, 0.15) is 43.2 Å². The molecule has 2 aromatic carbocycles. The second-order valence-corrected chi connectivity index (χ2v) is 9.52. The van der Waals surface area contributed by atoms with Gasteiger partial charge in [-0.3, -0.25) is 0 Å². The van der Waals surface area contributed by atoms with Crippen LogP contribution in [0.3, 0.4) is 0 Å². The minimum absolute atomic E-state index is 0.0613. The van der Waals surface area contributed by atoms with Crippen LogP contribution in [0.15, 0.2) is 36.4 Å². The molecule has 2 aromatic rings. The van der Waals surface area contributed by atoms with Crippen molar-refractivity contribution in [2.24, 2.45) is 5.92 Å². The molecule has 0 radical (unpaired) electrons. The molecular weight excluding hydrogens is 506 g/mol. The number of rotatable bonds is 3. The Kier molecular flexibility index (Phi) is 7.24. The van der Waals surface area contributed by atoms with Crippen molar-refractivity contribution in [2.75, 3.05) is 11.9 Å². The van der Waals surface area contributed by atoms with Gasteiger partial charge in [-0.1, -0.05) is 25.0 Å². The Balaban J connectivity index is 0.000000405. The first-order chi connectivity index (χ1) is 17.3. The summed E-state index contributed by atoms with van der Waals surface area (Å²) in [7, 11) is 0. The van der Waals surface area contributed by atoms with Crippen LogP contribution < -0.4 is 15.4 Å². The number of phenols is 1. The Morgan fingerprint density at radius 1 is 1.05 bits per heavy atom. The van der Waals surface area contributed by atoms with Gasteiger partial charge in [-0.25, -0.2) is 4.79 Å². The number of ether oxygens (including phenoxy) is 1. The molecule has 2 bridgehead atoms. The van der Waals surface area contributed by atoms with Gasteiger partial charge in [-0.2, -0.15) is 13.2 Å². The molecule has 1 aliphatic heterocycles. The summed E-state index contributed by atoms with van der Waals surface area (Å²) in [6, 6.07) is 10.0. The number of carbonyl (C=O) groups is 1. The molecule has 2 aliphatic carbocycles. The highest BCUT2D eigenvalue weighted by atomic mass is 19.4. The molecule has 1 saturated heterocycles. The first kappa shape index (κ1) is 26.9. The van der Waals surface area contributed by atoms with Crippen LogP contribution in [0.25, 0.3) is 0 Å². The highest BCUT2D eigenvalue weighted by molar-refractivity contribution is 5.73. The Labute approximate surface area is 208 Å². The van der Waals surface area contributed by atoms with E-state index >= 15 is 0 Å². The van der Waals surface area contributed by atoms with E-state index in [0.29, 0.717) is 17.6 Å². The topological polar surface area (TPSA) is 90.8 Å². The Hall–Kier alpha value is -3.15. The van der Waals surface area contributed by atoms with Gasteiger partial charge in [0.25, 0.3) is 0 Å². The van der Waals surface area contributed by atoms with Crippen LogP contribution in [0.5, 0.6) is 11.5 Å². The molecule has 202 valence electrons. The van der Waals surface area contributed by atoms with Gasteiger partial charge in [0.1, 0.15) is 5.75 Å². The number of nitrogens with one attached hydrogen (secondary N) is 2. The van der Waals surface area contributed by atoms with E-state index in [-0.39, 0.29) is 22.6 Å². The Morgan fingerprint density at radius 2 is 1.76 bits per heavy atom. The van der Waals surface area contributed by atoms with E-state index in [9.17, 15) is 31.4 Å². The third-order valence-corrected chi connectivity index (χ3v) is 7.38. The average molecular weight is 532 g/mol. The van der Waals surface area contributed by atoms with Crippen molar-refractivity contribution >= 4 is 17.3 Å². The molecule has 37 heavy (non-hydrogen) atoms. The molecular formula is C25H26F6N2O4. The predicted octanol–water partition coefficient (Wildman–Crippen LogP) is 6.01. The lowest BCUT2D eigenvalue weighted by Gasteiger charge is -2.56. The number of carboxylic acids is 1. The number of para-hydroxylation sites is 2. The second kappa shape index (κ2) is 9.96. The molecule has 5 rings (SSSR count). The number of hydrogen-bond acceptors (Lipinski definition) is 5. The van der Waals surface area contributed by atoms with E-state index in [4.69, 9.17) is 9.90 Å². The van der Waals surface area contributed by atoms with Crippen molar-refractivity contribution < 1.29 is 46.1 Å². The fraction of sp³-hybridized carbons (Fsp3) is 0.480. The van der Waals surface area contributed by atoms with E-state index in [1.54, 1.807) is 6.07 Å². The van der Waals surface area contributed by atoms with E-state index < -0.39 is 18.5 Å². The van der Waals surface area contributed by atoms with Crippen LogP contribution in [-0.4, -0.2) is 41.3 Å². The van der Waals surface area contributed by atoms with Crippen LogP contribution in [-0.2, 0) is 16.6 Å². The number of alkyl halides is 6. The molecule has 3 atom stereocenters. The van der Waals surface area contributed by atoms with Crippen molar-refractivity contribution in [3.05, 3.63) is 47.5 Å². The predicted molar refractivity (Wildman–Crippen MR) is 122 cm³/mol. The number of hydrogen-bond donors (Lipinski definition) is 4. The minimum atomic E-state index is -5.08. The summed E-state index contributed by atoms with van der Waals surface area (Å²) in [5.74, 6) is -2.43. The third-order valence-electron chi connectivity index (χ3n) is 7.38. The highest BCUT2D eigenvalue weighted by Crippen LogP contribution is 2.55. The molecule has 3 aliphatic rings. The monoisotopic (exact) mass is 532 g/mol. The zero-order chi connectivity index (χ0) is 27.0. The summed E-state index contributed by atoms with van der Waals surface area (Å²) in [5.41, 5.74) is 3.06. The van der Waals surface area contributed by atoms with Gasteiger partial charge in [-0.15, -0.1) is 13.2 Å². The molecule has 1 saturated carbocycles. The lowest BCUT2D eigenvalue weighted by molar-refractivity contribution is -0.274. The van der Waals surface area contributed by atoms with E-state index in [0.717, 1.165) is 25.8 Å². The van der Waals surface area contributed by atoms with Gasteiger partial charge in [-0.05, 0) is 73.5 Å². The van der Waals surface area contributed by atoms with Gasteiger partial charge in [0.15, 0.2) is 5.75 Å². The van der Waals surface area contributed by atoms with Crippen molar-refractivity contribution in [3.63, 3.8) is 0 Å². The lowest BCUT2D eigenvalue weighted by atomic mass is 9.53. The normalized spacial score (nSPS) is 24.6. The number of piperidine rings is 1. The minimum Gasteiger partial charge on any atom is -0.506 e.